The third-order valence-corrected chi connectivity index (χ3v) is 5.08. The molecule has 3 aromatic carbocycles. The third-order valence-electron chi connectivity index (χ3n) is 5.08. The third kappa shape index (κ3) is 2.99. The Morgan fingerprint density at radius 3 is 1.93 bits per heavy atom. The molecule has 4 rings (SSSR count). The van der Waals surface area contributed by atoms with Crippen LogP contribution in [0.3, 0.4) is 0 Å². The molecular weight excluding hydrogens is 336 g/mol. The van der Waals surface area contributed by atoms with Crippen molar-refractivity contribution in [1.82, 2.24) is 4.90 Å². The highest BCUT2D eigenvalue weighted by atomic mass is 16.2. The van der Waals surface area contributed by atoms with Crippen LogP contribution in [-0.2, 0) is 0 Å². The van der Waals surface area contributed by atoms with Crippen LogP contribution in [0.2, 0.25) is 0 Å². The summed E-state index contributed by atoms with van der Waals surface area (Å²) >= 11 is 0. The van der Waals surface area contributed by atoms with Crippen LogP contribution in [-0.4, -0.2) is 22.3 Å². The molecule has 0 aromatic heterocycles. The molecule has 1 N–H and O–H groups in total. The lowest BCUT2D eigenvalue weighted by molar-refractivity contribution is 0.0929. The van der Waals surface area contributed by atoms with Gasteiger partial charge in [0, 0.05) is 11.3 Å². The predicted octanol–water partition coefficient (Wildman–Crippen LogP) is 4.92. The van der Waals surface area contributed by atoms with E-state index in [1.165, 1.54) is 0 Å². The molecule has 0 radical (unpaired) electrons. The number of para-hydroxylation sites is 1. The van der Waals surface area contributed by atoms with Crippen LogP contribution in [0.15, 0.2) is 91.0 Å². The zero-order chi connectivity index (χ0) is 18.9. The quantitative estimate of drug-likeness (QED) is 0.533. The Morgan fingerprint density at radius 2 is 1.33 bits per heavy atom. The Morgan fingerprint density at radius 1 is 0.815 bits per heavy atom. The van der Waals surface area contributed by atoms with Crippen molar-refractivity contribution in [3.05, 3.63) is 102 Å². The van der Waals surface area contributed by atoms with Gasteiger partial charge < -0.3 is 5.32 Å². The zero-order valence-corrected chi connectivity index (χ0v) is 15.0. The van der Waals surface area contributed by atoms with Gasteiger partial charge in [0.15, 0.2) is 5.78 Å². The summed E-state index contributed by atoms with van der Waals surface area (Å²) in [5.74, 6) is -0.0554. The van der Waals surface area contributed by atoms with E-state index >= 15 is 0 Å². The van der Waals surface area contributed by atoms with Crippen molar-refractivity contribution in [2.24, 2.45) is 0 Å². The van der Waals surface area contributed by atoms with Gasteiger partial charge in [-0.05, 0) is 24.6 Å². The van der Waals surface area contributed by atoms with Gasteiger partial charge in [0.05, 0.1) is 6.04 Å². The van der Waals surface area contributed by atoms with Gasteiger partial charge in [0.1, 0.15) is 5.54 Å². The van der Waals surface area contributed by atoms with E-state index in [2.05, 4.69) is 5.32 Å². The highest BCUT2D eigenvalue weighted by Gasteiger charge is 2.67. The fourth-order valence-corrected chi connectivity index (χ4v) is 3.65. The molecule has 0 spiro atoms. The molecule has 0 bridgehead atoms. The van der Waals surface area contributed by atoms with E-state index in [1.54, 1.807) is 17.0 Å². The van der Waals surface area contributed by atoms with Gasteiger partial charge in [0.2, 0.25) is 0 Å². The number of anilines is 1. The molecule has 27 heavy (non-hydrogen) atoms. The number of ketones is 1. The second kappa shape index (κ2) is 6.72. The first-order valence-corrected chi connectivity index (χ1v) is 8.92. The normalized spacial score (nSPS) is 20.8. The van der Waals surface area contributed by atoms with Crippen molar-refractivity contribution < 1.29 is 9.59 Å². The van der Waals surface area contributed by atoms with Crippen molar-refractivity contribution >= 4 is 17.5 Å². The molecule has 1 saturated heterocycles. The first-order valence-electron chi connectivity index (χ1n) is 8.92. The van der Waals surface area contributed by atoms with Gasteiger partial charge in [-0.1, -0.05) is 78.9 Å². The van der Waals surface area contributed by atoms with Crippen LogP contribution in [0, 0.1) is 0 Å². The van der Waals surface area contributed by atoms with Crippen LogP contribution in [0.25, 0.3) is 0 Å². The average molecular weight is 356 g/mol. The fourth-order valence-electron chi connectivity index (χ4n) is 3.65. The molecule has 1 aliphatic rings. The number of urea groups is 1. The Labute approximate surface area is 158 Å². The van der Waals surface area contributed by atoms with Gasteiger partial charge >= 0.3 is 6.03 Å². The van der Waals surface area contributed by atoms with E-state index < -0.39 is 5.54 Å². The van der Waals surface area contributed by atoms with Gasteiger partial charge in [-0.15, -0.1) is 0 Å². The van der Waals surface area contributed by atoms with Gasteiger partial charge in [0.25, 0.3) is 0 Å². The lowest BCUT2D eigenvalue weighted by atomic mass is 9.92. The molecule has 1 fully saturated rings. The number of amides is 2. The molecular formula is C23H20N2O2. The topological polar surface area (TPSA) is 49.2 Å². The monoisotopic (exact) mass is 356 g/mol. The van der Waals surface area contributed by atoms with Crippen molar-refractivity contribution in [3.8, 4) is 0 Å². The number of carbonyl (C=O) groups is 2. The maximum absolute atomic E-state index is 13.3. The number of carbonyl (C=O) groups excluding carboxylic acids is 2. The highest BCUT2D eigenvalue weighted by Crippen LogP contribution is 2.55. The predicted molar refractivity (Wildman–Crippen MR) is 106 cm³/mol. The minimum absolute atomic E-state index is 0.0554. The summed E-state index contributed by atoms with van der Waals surface area (Å²) in [7, 11) is 0. The summed E-state index contributed by atoms with van der Waals surface area (Å²) in [5.41, 5.74) is 1.35. The molecule has 2 amide bonds. The van der Waals surface area contributed by atoms with Gasteiger partial charge in [-0.25, -0.2) is 4.79 Å². The number of Topliss-reactive ketones (excluding diaryl/α,β-unsaturated/α-hetero) is 1. The van der Waals surface area contributed by atoms with Gasteiger partial charge in [-0.3, -0.25) is 9.69 Å². The molecule has 4 nitrogen and oxygen atoms in total. The Hall–Kier alpha value is -3.40. The van der Waals surface area contributed by atoms with Crippen molar-refractivity contribution in [1.29, 1.82) is 0 Å². The minimum atomic E-state index is -0.915. The summed E-state index contributed by atoms with van der Waals surface area (Å²) < 4.78 is 0. The molecule has 1 aliphatic heterocycles. The number of nitrogens with zero attached hydrogens (tertiary/aromatic N) is 1. The molecule has 0 saturated carbocycles. The van der Waals surface area contributed by atoms with Crippen LogP contribution >= 0.6 is 0 Å². The Balaban J connectivity index is 1.67. The zero-order valence-electron chi connectivity index (χ0n) is 15.0. The summed E-state index contributed by atoms with van der Waals surface area (Å²) in [5, 5.41) is 2.90. The molecule has 2 atom stereocenters. The van der Waals surface area contributed by atoms with Crippen LogP contribution < -0.4 is 5.32 Å². The fraction of sp³-hybridized carbons (Fsp3) is 0.130. The lowest BCUT2D eigenvalue weighted by Gasteiger charge is -2.12. The van der Waals surface area contributed by atoms with E-state index in [0.717, 1.165) is 5.56 Å². The number of hydrogen-bond donors (Lipinski definition) is 1. The van der Waals surface area contributed by atoms with Crippen molar-refractivity contribution in [3.63, 3.8) is 0 Å². The summed E-state index contributed by atoms with van der Waals surface area (Å²) in [6.45, 7) is 1.84. The second-order valence-electron chi connectivity index (χ2n) is 6.82. The SMILES string of the molecule is CC1(C(=O)c2ccccc2)C(c2ccccc2)N1C(=O)Nc1ccccc1. The maximum Gasteiger partial charge on any atom is 0.323 e. The molecule has 134 valence electrons. The smallest absolute Gasteiger partial charge is 0.308 e. The number of nitrogens with one attached hydrogen (secondary N) is 1. The lowest BCUT2D eigenvalue weighted by Crippen LogP contribution is -2.31. The molecule has 2 unspecified atom stereocenters. The summed E-state index contributed by atoms with van der Waals surface area (Å²) in [6.07, 6.45) is 0. The molecule has 3 aromatic rings. The first-order chi connectivity index (χ1) is 13.1. The molecule has 1 heterocycles. The van der Waals surface area contributed by atoms with E-state index in [4.69, 9.17) is 0 Å². The van der Waals surface area contributed by atoms with Crippen molar-refractivity contribution in [2.45, 2.75) is 18.5 Å². The van der Waals surface area contributed by atoms with E-state index in [0.29, 0.717) is 11.3 Å². The highest BCUT2D eigenvalue weighted by molar-refractivity contribution is 6.10. The largest absolute Gasteiger partial charge is 0.323 e. The van der Waals surface area contributed by atoms with E-state index in [9.17, 15) is 9.59 Å². The molecule has 4 heteroatoms. The Bertz CT molecular complexity index is 957. The number of rotatable bonds is 4. The number of benzene rings is 3. The minimum Gasteiger partial charge on any atom is -0.308 e. The second-order valence-corrected chi connectivity index (χ2v) is 6.82. The number of hydrogen-bond acceptors (Lipinski definition) is 2. The first kappa shape index (κ1) is 17.0. The van der Waals surface area contributed by atoms with Gasteiger partial charge in [-0.2, -0.15) is 0 Å². The van der Waals surface area contributed by atoms with Crippen LogP contribution in [0.1, 0.15) is 28.9 Å². The van der Waals surface area contributed by atoms with E-state index in [1.807, 2.05) is 85.8 Å². The molecule has 0 aliphatic carbocycles. The maximum atomic E-state index is 13.3. The van der Waals surface area contributed by atoms with Crippen LogP contribution in [0.4, 0.5) is 10.5 Å². The standard InChI is InChI=1S/C23H20N2O2/c1-23(21(26)18-13-7-3-8-14-18)20(17-11-5-2-6-12-17)25(23)22(27)24-19-15-9-4-10-16-19/h2-16,20H,1H3,(H,24,27). The van der Waals surface area contributed by atoms with Crippen molar-refractivity contribution in [2.75, 3.05) is 5.32 Å². The van der Waals surface area contributed by atoms with E-state index in [-0.39, 0.29) is 17.9 Å². The average Bonchev–Trinajstić information content (AvgIpc) is 3.36. The van der Waals surface area contributed by atoms with Crippen LogP contribution in [0.5, 0.6) is 0 Å². The summed E-state index contributed by atoms with van der Waals surface area (Å²) in [6, 6.07) is 27.5. The Kier molecular flexibility index (Phi) is 4.24. The summed E-state index contributed by atoms with van der Waals surface area (Å²) in [4.78, 5) is 27.9.